The molecule has 11 heteroatoms. The summed E-state index contributed by atoms with van der Waals surface area (Å²) < 4.78 is 15.1. The van der Waals surface area contributed by atoms with E-state index in [2.05, 4.69) is 39.0 Å². The topological polar surface area (TPSA) is 126 Å². The highest BCUT2D eigenvalue weighted by atomic mass is 35.5. The van der Waals surface area contributed by atoms with Gasteiger partial charge in [-0.25, -0.2) is 14.4 Å². The van der Waals surface area contributed by atoms with Crippen molar-refractivity contribution in [1.29, 1.82) is 0 Å². The summed E-state index contributed by atoms with van der Waals surface area (Å²) in [6.07, 6.45) is 4.46. The summed E-state index contributed by atoms with van der Waals surface area (Å²) in [5.41, 5.74) is 14.1. The van der Waals surface area contributed by atoms with Crippen LogP contribution in [0.4, 0.5) is 21.8 Å². The number of piperidine rings is 1. The molecule has 5 N–H and O–H groups in total. The van der Waals surface area contributed by atoms with Crippen molar-refractivity contribution in [2.45, 2.75) is 46.5 Å². The van der Waals surface area contributed by atoms with Gasteiger partial charge in [0.2, 0.25) is 11.9 Å². The van der Waals surface area contributed by atoms with Crippen LogP contribution in [0.2, 0.25) is 5.02 Å². The monoisotopic (exact) mass is 530 g/mol. The standard InChI is InChI=1S/C26H36ClFN8O/c1-5-35(6-2)15-24(37)36-9-7-18(8-10-36)19-13-21(28)22(11-16(19)3)32-26-31-14-20(27)25(34-26)33-23(30)12-17(4)29/h11-14,18H,5-10,15,29H2,1-4H3,(H3,30,31,32,33,34)/b17-12-. The number of nitrogens with one attached hydrogen (secondary N) is 1. The molecule has 1 saturated heterocycles. The van der Waals surface area contributed by atoms with Crippen LogP contribution < -0.4 is 16.8 Å². The van der Waals surface area contributed by atoms with Crippen LogP contribution in [0.3, 0.4) is 0 Å². The number of likely N-dealkylation sites (tertiary alicyclic amines) is 1. The summed E-state index contributed by atoms with van der Waals surface area (Å²) in [5, 5.41) is 3.11. The van der Waals surface area contributed by atoms with Gasteiger partial charge in [-0.15, -0.1) is 0 Å². The molecule has 0 unspecified atom stereocenters. The van der Waals surface area contributed by atoms with E-state index in [4.69, 9.17) is 23.1 Å². The van der Waals surface area contributed by atoms with E-state index in [-0.39, 0.29) is 40.1 Å². The number of amidine groups is 1. The predicted molar refractivity (Wildman–Crippen MR) is 147 cm³/mol. The number of likely N-dealkylation sites (N-methyl/N-ethyl adjacent to an activating group) is 1. The second-order valence-electron chi connectivity index (χ2n) is 9.22. The molecule has 200 valence electrons. The number of aryl methyl sites for hydroxylation is 1. The maximum atomic E-state index is 15.1. The molecule has 2 aromatic rings. The molecule has 1 amide bonds. The zero-order valence-electron chi connectivity index (χ0n) is 21.9. The number of hydrogen-bond acceptors (Lipinski definition) is 7. The average molecular weight is 531 g/mol. The summed E-state index contributed by atoms with van der Waals surface area (Å²) >= 11 is 6.14. The molecule has 9 nitrogen and oxygen atoms in total. The summed E-state index contributed by atoms with van der Waals surface area (Å²) in [6, 6.07) is 3.32. The maximum Gasteiger partial charge on any atom is 0.236 e. The minimum Gasteiger partial charge on any atom is -0.402 e. The number of carbonyl (C=O) groups is 1. The van der Waals surface area contributed by atoms with Crippen LogP contribution in [-0.2, 0) is 4.79 Å². The lowest BCUT2D eigenvalue weighted by molar-refractivity contribution is -0.133. The van der Waals surface area contributed by atoms with E-state index in [1.807, 2.05) is 11.8 Å². The third-order valence-electron chi connectivity index (χ3n) is 6.48. The number of nitrogens with zero attached hydrogens (tertiary/aromatic N) is 5. The second-order valence-corrected chi connectivity index (χ2v) is 9.63. The fraction of sp³-hybridized carbons (Fsp3) is 0.462. The lowest BCUT2D eigenvalue weighted by atomic mass is 9.86. The Balaban J connectivity index is 1.70. The number of aromatic nitrogens is 2. The Labute approximate surface area is 222 Å². The highest BCUT2D eigenvalue weighted by Crippen LogP contribution is 2.34. The van der Waals surface area contributed by atoms with Crippen molar-refractivity contribution >= 4 is 40.8 Å². The van der Waals surface area contributed by atoms with Gasteiger partial charge in [-0.3, -0.25) is 9.69 Å². The minimum absolute atomic E-state index is 0.135. The van der Waals surface area contributed by atoms with Crippen LogP contribution in [0.5, 0.6) is 0 Å². The number of benzene rings is 1. The van der Waals surface area contributed by atoms with Gasteiger partial charge in [0.1, 0.15) is 16.7 Å². The van der Waals surface area contributed by atoms with Gasteiger partial charge in [0.15, 0.2) is 5.82 Å². The highest BCUT2D eigenvalue weighted by molar-refractivity contribution is 6.32. The zero-order chi connectivity index (χ0) is 27.1. The van der Waals surface area contributed by atoms with Crippen molar-refractivity contribution < 1.29 is 9.18 Å². The fourth-order valence-electron chi connectivity index (χ4n) is 4.42. The Morgan fingerprint density at radius 3 is 2.59 bits per heavy atom. The Morgan fingerprint density at radius 2 is 1.97 bits per heavy atom. The summed E-state index contributed by atoms with van der Waals surface area (Å²) in [4.78, 5) is 29.2. The normalized spacial score (nSPS) is 15.4. The molecular weight excluding hydrogens is 495 g/mol. The minimum atomic E-state index is -0.412. The zero-order valence-corrected chi connectivity index (χ0v) is 22.6. The Kier molecular flexibility index (Phi) is 9.82. The first-order chi connectivity index (χ1) is 17.6. The molecule has 3 rings (SSSR count). The molecule has 1 aromatic heterocycles. The van der Waals surface area contributed by atoms with Gasteiger partial charge in [0.05, 0.1) is 18.4 Å². The molecule has 0 saturated carbocycles. The first-order valence-electron chi connectivity index (χ1n) is 12.5. The molecule has 37 heavy (non-hydrogen) atoms. The average Bonchev–Trinajstić information content (AvgIpc) is 2.86. The van der Waals surface area contributed by atoms with Crippen molar-refractivity contribution in [3.05, 3.63) is 52.1 Å². The molecule has 0 bridgehead atoms. The third kappa shape index (κ3) is 7.62. The SMILES string of the molecule is CCN(CC)CC(=O)N1CCC(c2cc(F)c(Nc3ncc(Cl)c(N=C(N)/C=C(/C)N)n3)cc2C)CC1. The molecule has 1 aliphatic rings. The smallest absolute Gasteiger partial charge is 0.236 e. The fourth-order valence-corrected chi connectivity index (χ4v) is 4.55. The van der Waals surface area contributed by atoms with Gasteiger partial charge < -0.3 is 21.7 Å². The Bertz CT molecular complexity index is 1170. The van der Waals surface area contributed by atoms with Crippen molar-refractivity contribution in [2.75, 3.05) is 38.0 Å². The Hall–Kier alpha value is -3.24. The van der Waals surface area contributed by atoms with Crippen LogP contribution in [0, 0.1) is 12.7 Å². The van der Waals surface area contributed by atoms with Crippen LogP contribution >= 0.6 is 11.6 Å². The van der Waals surface area contributed by atoms with Crippen LogP contribution in [0.1, 0.15) is 50.7 Å². The van der Waals surface area contributed by atoms with Crippen molar-refractivity contribution in [3.63, 3.8) is 0 Å². The highest BCUT2D eigenvalue weighted by Gasteiger charge is 2.26. The molecule has 0 aliphatic carbocycles. The number of allylic oxidation sites excluding steroid dienone is 1. The van der Waals surface area contributed by atoms with E-state index in [1.165, 1.54) is 12.3 Å². The van der Waals surface area contributed by atoms with Crippen molar-refractivity contribution in [2.24, 2.45) is 16.5 Å². The van der Waals surface area contributed by atoms with Gasteiger partial charge in [-0.2, -0.15) is 4.98 Å². The predicted octanol–water partition coefficient (Wildman–Crippen LogP) is 4.22. The summed E-state index contributed by atoms with van der Waals surface area (Å²) in [5.74, 6) is 0.355. The van der Waals surface area contributed by atoms with E-state index < -0.39 is 5.82 Å². The first kappa shape index (κ1) is 28.3. The maximum absolute atomic E-state index is 15.1. The van der Waals surface area contributed by atoms with E-state index in [1.54, 1.807) is 19.1 Å². The lowest BCUT2D eigenvalue weighted by Crippen LogP contribution is -2.43. The van der Waals surface area contributed by atoms with E-state index in [0.717, 1.165) is 37.1 Å². The number of amides is 1. The van der Waals surface area contributed by atoms with Gasteiger partial charge in [-0.05, 0) is 75.0 Å². The number of hydrogen-bond donors (Lipinski definition) is 3. The van der Waals surface area contributed by atoms with Gasteiger partial charge >= 0.3 is 0 Å². The molecule has 1 aliphatic heterocycles. The van der Waals surface area contributed by atoms with Crippen molar-refractivity contribution in [1.82, 2.24) is 19.8 Å². The van der Waals surface area contributed by atoms with E-state index in [0.29, 0.717) is 25.3 Å². The molecule has 1 aromatic carbocycles. The lowest BCUT2D eigenvalue weighted by Gasteiger charge is -2.34. The number of rotatable bonds is 9. The number of carbonyl (C=O) groups excluding carboxylic acids is 1. The molecule has 0 radical (unpaired) electrons. The van der Waals surface area contributed by atoms with Crippen LogP contribution in [0.25, 0.3) is 0 Å². The van der Waals surface area contributed by atoms with Gasteiger partial charge in [-0.1, -0.05) is 25.4 Å². The third-order valence-corrected chi connectivity index (χ3v) is 6.75. The molecule has 2 heterocycles. The first-order valence-corrected chi connectivity index (χ1v) is 12.9. The molecule has 0 spiro atoms. The molecule has 1 fully saturated rings. The summed E-state index contributed by atoms with van der Waals surface area (Å²) in [7, 11) is 0. The van der Waals surface area contributed by atoms with Crippen molar-refractivity contribution in [3.8, 4) is 0 Å². The van der Waals surface area contributed by atoms with Gasteiger partial charge in [0, 0.05) is 18.8 Å². The largest absolute Gasteiger partial charge is 0.402 e. The van der Waals surface area contributed by atoms with Crippen LogP contribution in [-0.4, -0.2) is 64.2 Å². The number of nitrogens with two attached hydrogens (primary N) is 2. The quantitative estimate of drug-likeness (QED) is 0.327. The second kappa shape index (κ2) is 12.8. The molecule has 0 atom stereocenters. The van der Waals surface area contributed by atoms with E-state index in [9.17, 15) is 4.79 Å². The number of anilines is 2. The van der Waals surface area contributed by atoms with Crippen LogP contribution in [0.15, 0.2) is 35.1 Å². The Morgan fingerprint density at radius 1 is 1.30 bits per heavy atom. The molecular formula is C26H36ClFN8O. The summed E-state index contributed by atoms with van der Waals surface area (Å²) in [6.45, 7) is 11.3. The van der Waals surface area contributed by atoms with E-state index >= 15 is 4.39 Å². The van der Waals surface area contributed by atoms with Gasteiger partial charge in [0.25, 0.3) is 0 Å². The number of aliphatic imine (C=N–C) groups is 1. The number of halogens is 2.